The van der Waals surface area contributed by atoms with Crippen molar-refractivity contribution in [3.05, 3.63) is 243 Å². The molecular weight excluding hydrogens is 837 g/mol. The Balaban J connectivity index is 1.19. The van der Waals surface area contributed by atoms with E-state index in [1.807, 2.05) is 18.2 Å². The maximum Gasteiger partial charge on any atom is 0.164 e. The molecule has 320 valence electrons. The second-order valence-electron chi connectivity index (χ2n) is 17.9. The molecule has 4 heteroatoms. The number of fused-ring (bicyclic) bond motifs is 9. The molecule has 0 fully saturated rings. The molecule has 0 aliphatic heterocycles. The summed E-state index contributed by atoms with van der Waals surface area (Å²) in [6, 6.07) is 87.4. The molecule has 0 bridgehead atoms. The van der Waals surface area contributed by atoms with E-state index in [4.69, 9.17) is 15.0 Å². The predicted octanol–water partition coefficient (Wildman–Crippen LogP) is 17.1. The molecule has 14 aromatic rings. The van der Waals surface area contributed by atoms with Crippen LogP contribution in [0.4, 0.5) is 0 Å². The monoisotopic (exact) mass is 876 g/mol. The van der Waals surface area contributed by atoms with Gasteiger partial charge in [-0.25, -0.2) is 15.0 Å². The van der Waals surface area contributed by atoms with Gasteiger partial charge in [-0.05, 0) is 84.0 Å². The molecule has 0 aliphatic rings. The summed E-state index contributed by atoms with van der Waals surface area (Å²) >= 11 is 0. The zero-order chi connectivity index (χ0) is 45.4. The summed E-state index contributed by atoms with van der Waals surface area (Å²) in [6.07, 6.45) is 0. The van der Waals surface area contributed by atoms with Crippen LogP contribution in [0.15, 0.2) is 243 Å². The summed E-state index contributed by atoms with van der Waals surface area (Å²) in [5.41, 5.74) is 10.7. The highest BCUT2D eigenvalue weighted by Gasteiger charge is 2.25. The van der Waals surface area contributed by atoms with Gasteiger partial charge in [-0.2, -0.15) is 0 Å². The lowest BCUT2D eigenvalue weighted by atomic mass is 9.89. The first-order chi connectivity index (χ1) is 34.2. The number of nitrogens with zero attached hydrogens (tertiary/aromatic N) is 4. The minimum absolute atomic E-state index is 0.605. The van der Waals surface area contributed by atoms with Crippen molar-refractivity contribution in [1.82, 2.24) is 19.5 Å². The zero-order valence-corrected chi connectivity index (χ0v) is 37.4. The molecule has 0 saturated carbocycles. The highest BCUT2D eigenvalue weighted by molar-refractivity contribution is 6.23. The molecule has 0 unspecified atom stereocenters. The van der Waals surface area contributed by atoms with Gasteiger partial charge in [-0.15, -0.1) is 0 Å². The first-order valence-electron chi connectivity index (χ1n) is 23.5. The van der Waals surface area contributed by atoms with Crippen molar-refractivity contribution in [1.29, 1.82) is 0 Å². The van der Waals surface area contributed by atoms with Gasteiger partial charge in [0.25, 0.3) is 0 Å². The average molecular weight is 877 g/mol. The molecule has 69 heavy (non-hydrogen) atoms. The normalized spacial score (nSPS) is 11.8. The number of rotatable bonds is 6. The Labute approximate surface area is 398 Å². The second kappa shape index (κ2) is 15.7. The number of hydrogen-bond acceptors (Lipinski definition) is 3. The lowest BCUT2D eigenvalue weighted by Gasteiger charge is -2.22. The molecule has 12 aromatic carbocycles. The maximum absolute atomic E-state index is 5.54. The van der Waals surface area contributed by atoms with Crippen LogP contribution in [0.2, 0.25) is 0 Å². The molecule has 4 nitrogen and oxygen atoms in total. The molecule has 0 spiro atoms. The summed E-state index contributed by atoms with van der Waals surface area (Å²) < 4.78 is 2.56. The maximum atomic E-state index is 5.54. The Morgan fingerprint density at radius 1 is 0.246 bits per heavy atom. The van der Waals surface area contributed by atoms with E-state index in [9.17, 15) is 0 Å². The Bertz CT molecular complexity index is 4350. The average Bonchev–Trinajstić information content (AvgIpc) is 3.74. The lowest BCUT2D eigenvalue weighted by molar-refractivity contribution is 1.08. The summed E-state index contributed by atoms with van der Waals surface area (Å²) in [5.74, 6) is 1.85. The molecule has 0 atom stereocenters. The molecule has 2 aromatic heterocycles. The van der Waals surface area contributed by atoms with E-state index in [2.05, 4.69) is 229 Å². The minimum atomic E-state index is 0.605. The molecule has 0 saturated heterocycles. The summed E-state index contributed by atoms with van der Waals surface area (Å²) in [4.78, 5) is 16.3. The SMILES string of the molecule is c1ccc(-c2ccc3c(-n4c5cc6ccccc6cc5c5ccc6ccccc6c54)c(-c4cccc5ccccc45)cc(-c4nc(-c5ccccc5)nc(-c5cccc6ccccc56)n4)c3c2)cc1. The third-order valence-corrected chi connectivity index (χ3v) is 14.0. The minimum Gasteiger partial charge on any atom is -0.307 e. The van der Waals surface area contributed by atoms with Crippen molar-refractivity contribution in [3.8, 4) is 62.1 Å². The van der Waals surface area contributed by atoms with Crippen LogP contribution >= 0.6 is 0 Å². The van der Waals surface area contributed by atoms with E-state index in [1.54, 1.807) is 0 Å². The zero-order valence-electron chi connectivity index (χ0n) is 37.4. The van der Waals surface area contributed by atoms with Gasteiger partial charge in [0.1, 0.15) is 0 Å². The van der Waals surface area contributed by atoms with Gasteiger partial charge in [0.2, 0.25) is 0 Å². The van der Waals surface area contributed by atoms with E-state index in [1.165, 1.54) is 48.6 Å². The summed E-state index contributed by atoms with van der Waals surface area (Å²) in [6.45, 7) is 0. The van der Waals surface area contributed by atoms with E-state index >= 15 is 0 Å². The third-order valence-electron chi connectivity index (χ3n) is 14.0. The van der Waals surface area contributed by atoms with Gasteiger partial charge in [-0.1, -0.05) is 218 Å². The first kappa shape index (κ1) is 39.0. The van der Waals surface area contributed by atoms with E-state index in [-0.39, 0.29) is 0 Å². The topological polar surface area (TPSA) is 43.6 Å². The van der Waals surface area contributed by atoms with Crippen LogP contribution in [0.5, 0.6) is 0 Å². The molecule has 0 radical (unpaired) electrons. The second-order valence-corrected chi connectivity index (χ2v) is 17.9. The van der Waals surface area contributed by atoms with Crippen molar-refractivity contribution in [2.45, 2.75) is 0 Å². The van der Waals surface area contributed by atoms with Crippen molar-refractivity contribution in [2.75, 3.05) is 0 Å². The standard InChI is InChI=1S/C65H40N4/c1-3-17-41(18-4-1)48-34-36-53-56(37-48)59(65-67-63(45-22-5-2-6-23-45)66-64(68-65)55-32-16-27-43-20-10-13-29-50(43)55)40-58(52-31-15-26-42-19-9-12-28-49(42)52)62(53)69-60-39-47-25-8-7-24-46(47)38-57(60)54-35-33-44-21-11-14-30-51(44)61(54)69/h1-40H. The van der Waals surface area contributed by atoms with Crippen molar-refractivity contribution in [2.24, 2.45) is 0 Å². The quantitative estimate of drug-likeness (QED) is 0.167. The Morgan fingerprint density at radius 2 is 0.768 bits per heavy atom. The highest BCUT2D eigenvalue weighted by Crippen LogP contribution is 2.47. The Kier molecular flexibility index (Phi) is 8.86. The van der Waals surface area contributed by atoms with Gasteiger partial charge < -0.3 is 4.57 Å². The fraction of sp³-hybridized carbons (Fsp3) is 0. The van der Waals surface area contributed by atoms with E-state index in [0.717, 1.165) is 71.7 Å². The molecule has 14 rings (SSSR count). The van der Waals surface area contributed by atoms with Crippen LogP contribution < -0.4 is 0 Å². The summed E-state index contributed by atoms with van der Waals surface area (Å²) in [7, 11) is 0. The Morgan fingerprint density at radius 3 is 1.48 bits per heavy atom. The van der Waals surface area contributed by atoms with Crippen LogP contribution in [0.3, 0.4) is 0 Å². The molecule has 0 amide bonds. The van der Waals surface area contributed by atoms with Crippen LogP contribution in [0.1, 0.15) is 0 Å². The smallest absolute Gasteiger partial charge is 0.164 e. The third kappa shape index (κ3) is 6.34. The van der Waals surface area contributed by atoms with E-state index in [0.29, 0.717) is 17.5 Å². The fourth-order valence-electron chi connectivity index (χ4n) is 10.8. The highest BCUT2D eigenvalue weighted by atomic mass is 15.0. The fourth-order valence-corrected chi connectivity index (χ4v) is 10.8. The lowest BCUT2D eigenvalue weighted by Crippen LogP contribution is -2.04. The first-order valence-corrected chi connectivity index (χ1v) is 23.5. The van der Waals surface area contributed by atoms with Gasteiger partial charge >= 0.3 is 0 Å². The van der Waals surface area contributed by atoms with Gasteiger partial charge in [-0.3, -0.25) is 0 Å². The van der Waals surface area contributed by atoms with E-state index < -0.39 is 0 Å². The van der Waals surface area contributed by atoms with Crippen LogP contribution in [-0.2, 0) is 0 Å². The number of aromatic nitrogens is 4. The van der Waals surface area contributed by atoms with Crippen LogP contribution in [0, 0.1) is 0 Å². The molecular formula is C65H40N4. The van der Waals surface area contributed by atoms with Crippen LogP contribution in [0.25, 0.3) is 138 Å². The molecule has 0 aliphatic carbocycles. The number of benzene rings is 12. The van der Waals surface area contributed by atoms with Crippen molar-refractivity contribution >= 4 is 75.7 Å². The van der Waals surface area contributed by atoms with Gasteiger partial charge in [0.05, 0.1) is 16.7 Å². The van der Waals surface area contributed by atoms with Gasteiger partial charge in [0, 0.05) is 43.8 Å². The molecule has 2 heterocycles. The van der Waals surface area contributed by atoms with Gasteiger partial charge in [0.15, 0.2) is 17.5 Å². The van der Waals surface area contributed by atoms with Crippen LogP contribution in [-0.4, -0.2) is 19.5 Å². The summed E-state index contributed by atoms with van der Waals surface area (Å²) in [5, 5.41) is 13.9. The van der Waals surface area contributed by atoms with Crippen molar-refractivity contribution < 1.29 is 0 Å². The largest absolute Gasteiger partial charge is 0.307 e. The number of hydrogen-bond donors (Lipinski definition) is 0. The molecule has 0 N–H and O–H groups in total. The predicted molar refractivity (Wildman–Crippen MR) is 289 cm³/mol. The van der Waals surface area contributed by atoms with Crippen molar-refractivity contribution in [3.63, 3.8) is 0 Å². The Hall–Kier alpha value is -9.25.